The third kappa shape index (κ3) is 4.28. The lowest BCUT2D eigenvalue weighted by molar-refractivity contribution is -0.134. The Bertz CT molecular complexity index is 781. The van der Waals surface area contributed by atoms with Gasteiger partial charge in [0.15, 0.2) is 0 Å². The molecule has 1 aliphatic rings. The molecule has 1 aliphatic heterocycles. The van der Waals surface area contributed by atoms with Crippen molar-refractivity contribution in [2.24, 2.45) is 0 Å². The minimum Gasteiger partial charge on any atom is -0.332 e. The van der Waals surface area contributed by atoms with Crippen molar-refractivity contribution in [3.8, 4) is 0 Å². The number of hydrogen-bond acceptors (Lipinski definition) is 3. The quantitative estimate of drug-likeness (QED) is 0.841. The van der Waals surface area contributed by atoms with Crippen molar-refractivity contribution in [2.75, 3.05) is 18.4 Å². The van der Waals surface area contributed by atoms with E-state index < -0.39 is 0 Å². The molecular formula is C21H24N2O2S. The molecule has 0 aromatic heterocycles. The number of carbonyl (C=O) groups is 2. The van der Waals surface area contributed by atoms with E-state index >= 15 is 0 Å². The van der Waals surface area contributed by atoms with Crippen molar-refractivity contribution in [3.63, 3.8) is 0 Å². The zero-order valence-corrected chi connectivity index (χ0v) is 16.0. The first kappa shape index (κ1) is 18.5. The van der Waals surface area contributed by atoms with Crippen LogP contribution in [0.2, 0.25) is 0 Å². The van der Waals surface area contributed by atoms with Crippen molar-refractivity contribution >= 4 is 29.3 Å². The average molecular weight is 369 g/mol. The van der Waals surface area contributed by atoms with E-state index in [1.165, 1.54) is 10.5 Å². The summed E-state index contributed by atoms with van der Waals surface area (Å²) in [4.78, 5) is 28.3. The first-order chi connectivity index (χ1) is 12.6. The maximum atomic E-state index is 13.0. The molecule has 0 fully saturated rings. The van der Waals surface area contributed by atoms with Gasteiger partial charge in [-0.15, -0.1) is 11.8 Å². The van der Waals surface area contributed by atoms with Crippen LogP contribution in [0.5, 0.6) is 0 Å². The van der Waals surface area contributed by atoms with Crippen LogP contribution in [-0.4, -0.2) is 35.1 Å². The first-order valence-corrected chi connectivity index (χ1v) is 9.85. The second kappa shape index (κ2) is 8.41. The largest absolute Gasteiger partial charge is 0.332 e. The summed E-state index contributed by atoms with van der Waals surface area (Å²) in [5.41, 5.74) is 3.02. The fourth-order valence-electron chi connectivity index (χ4n) is 3.14. The van der Waals surface area contributed by atoms with Gasteiger partial charge in [-0.2, -0.15) is 0 Å². The summed E-state index contributed by atoms with van der Waals surface area (Å²) in [5.74, 6) is -0.102. The van der Waals surface area contributed by atoms with Crippen LogP contribution in [0.4, 0.5) is 5.69 Å². The number of thioether (sulfide) groups is 1. The van der Waals surface area contributed by atoms with Crippen LogP contribution < -0.4 is 5.32 Å². The molecule has 26 heavy (non-hydrogen) atoms. The Morgan fingerprint density at radius 3 is 2.62 bits per heavy atom. The zero-order chi connectivity index (χ0) is 18.5. The summed E-state index contributed by atoms with van der Waals surface area (Å²) >= 11 is 1.61. The first-order valence-electron chi connectivity index (χ1n) is 8.97. The number of para-hydroxylation sites is 1. The third-order valence-electron chi connectivity index (χ3n) is 4.48. The molecule has 5 heteroatoms. The molecular weight excluding hydrogens is 344 g/mol. The zero-order valence-electron chi connectivity index (χ0n) is 15.2. The molecule has 1 heterocycles. The molecule has 0 saturated carbocycles. The van der Waals surface area contributed by atoms with Gasteiger partial charge in [-0.25, -0.2) is 0 Å². The van der Waals surface area contributed by atoms with Gasteiger partial charge in [0.2, 0.25) is 11.8 Å². The maximum Gasteiger partial charge on any atom is 0.244 e. The Labute approximate surface area is 159 Å². The lowest BCUT2D eigenvalue weighted by Gasteiger charge is -2.24. The Morgan fingerprint density at radius 2 is 1.88 bits per heavy atom. The number of carbonyl (C=O) groups excluding carboxylic acids is 2. The van der Waals surface area contributed by atoms with Crippen LogP contribution in [-0.2, 0) is 16.0 Å². The van der Waals surface area contributed by atoms with E-state index in [9.17, 15) is 9.59 Å². The number of anilines is 1. The van der Waals surface area contributed by atoms with Crippen LogP contribution in [0.3, 0.4) is 0 Å². The van der Waals surface area contributed by atoms with E-state index in [-0.39, 0.29) is 23.6 Å². The van der Waals surface area contributed by atoms with Gasteiger partial charge in [0, 0.05) is 17.1 Å². The van der Waals surface area contributed by atoms with E-state index in [1.54, 1.807) is 16.7 Å². The van der Waals surface area contributed by atoms with Crippen LogP contribution in [0.1, 0.15) is 24.5 Å². The molecule has 0 spiro atoms. The summed E-state index contributed by atoms with van der Waals surface area (Å²) in [6.07, 6.45) is 1.56. The van der Waals surface area contributed by atoms with Gasteiger partial charge in [0.25, 0.3) is 0 Å². The molecule has 136 valence electrons. The van der Waals surface area contributed by atoms with Crippen molar-refractivity contribution < 1.29 is 9.59 Å². The van der Waals surface area contributed by atoms with Gasteiger partial charge >= 0.3 is 0 Å². The predicted octanol–water partition coefficient (Wildman–Crippen LogP) is 3.89. The standard InChI is InChI=1S/C21H24N2O2S/c1-3-12-23(14-20(24)22-17-10-6-4-8-15(17)2)21(25)19-13-16-9-5-7-11-18(16)26-19/h4-11,19H,3,12-14H2,1-2H3,(H,22,24). The van der Waals surface area contributed by atoms with E-state index in [1.807, 2.05) is 50.2 Å². The molecule has 1 N–H and O–H groups in total. The van der Waals surface area contributed by atoms with Gasteiger partial charge in [0.05, 0.1) is 11.8 Å². The number of nitrogens with zero attached hydrogens (tertiary/aromatic N) is 1. The number of aryl methyl sites for hydroxylation is 1. The van der Waals surface area contributed by atoms with E-state index in [2.05, 4.69) is 17.4 Å². The van der Waals surface area contributed by atoms with Crippen molar-refractivity contribution in [1.29, 1.82) is 0 Å². The smallest absolute Gasteiger partial charge is 0.244 e. The molecule has 1 unspecified atom stereocenters. The summed E-state index contributed by atoms with van der Waals surface area (Å²) in [5, 5.41) is 2.79. The van der Waals surface area contributed by atoms with Crippen molar-refractivity contribution in [1.82, 2.24) is 4.90 Å². The SMILES string of the molecule is CCCN(CC(=O)Nc1ccccc1C)C(=O)C1Cc2ccccc2S1. The van der Waals surface area contributed by atoms with Gasteiger partial charge in [-0.05, 0) is 43.0 Å². The molecule has 2 amide bonds. The van der Waals surface area contributed by atoms with Crippen LogP contribution in [0.15, 0.2) is 53.4 Å². The monoisotopic (exact) mass is 368 g/mol. The third-order valence-corrected chi connectivity index (χ3v) is 5.79. The number of nitrogens with one attached hydrogen (secondary N) is 1. The van der Waals surface area contributed by atoms with E-state index in [0.29, 0.717) is 6.54 Å². The average Bonchev–Trinajstić information content (AvgIpc) is 3.07. The number of benzene rings is 2. The maximum absolute atomic E-state index is 13.0. The molecule has 1 atom stereocenters. The Morgan fingerprint density at radius 1 is 1.15 bits per heavy atom. The second-order valence-corrected chi connectivity index (χ2v) is 7.79. The van der Waals surface area contributed by atoms with Crippen LogP contribution in [0.25, 0.3) is 0 Å². The molecule has 0 radical (unpaired) electrons. The van der Waals surface area contributed by atoms with Gasteiger partial charge in [-0.1, -0.05) is 43.3 Å². The summed E-state index contributed by atoms with van der Waals surface area (Å²) < 4.78 is 0. The number of rotatable bonds is 6. The number of amides is 2. The molecule has 0 saturated heterocycles. The van der Waals surface area contributed by atoms with E-state index in [4.69, 9.17) is 0 Å². The Hall–Kier alpha value is -2.27. The predicted molar refractivity (Wildman–Crippen MR) is 106 cm³/mol. The molecule has 0 aliphatic carbocycles. The van der Waals surface area contributed by atoms with Crippen LogP contribution in [0, 0.1) is 6.92 Å². The molecule has 2 aromatic rings. The minimum absolute atomic E-state index is 0.0491. The molecule has 4 nitrogen and oxygen atoms in total. The van der Waals surface area contributed by atoms with Gasteiger partial charge in [-0.3, -0.25) is 9.59 Å². The summed E-state index contributed by atoms with van der Waals surface area (Å²) in [7, 11) is 0. The highest BCUT2D eigenvalue weighted by molar-refractivity contribution is 8.01. The van der Waals surface area contributed by atoms with Crippen LogP contribution >= 0.6 is 11.8 Å². The minimum atomic E-state index is -0.151. The van der Waals surface area contributed by atoms with Crippen molar-refractivity contribution in [3.05, 3.63) is 59.7 Å². The normalized spacial score (nSPS) is 15.4. The molecule has 0 bridgehead atoms. The fourth-order valence-corrected chi connectivity index (χ4v) is 4.42. The van der Waals surface area contributed by atoms with Gasteiger partial charge in [0.1, 0.15) is 0 Å². The Kier molecular flexibility index (Phi) is 5.99. The lowest BCUT2D eigenvalue weighted by Crippen LogP contribution is -2.42. The van der Waals surface area contributed by atoms with Crippen molar-refractivity contribution in [2.45, 2.75) is 36.8 Å². The fraction of sp³-hybridized carbons (Fsp3) is 0.333. The van der Waals surface area contributed by atoms with E-state index in [0.717, 1.165) is 24.1 Å². The summed E-state index contributed by atoms with van der Waals surface area (Å²) in [6.45, 7) is 4.66. The lowest BCUT2D eigenvalue weighted by atomic mass is 10.1. The highest BCUT2D eigenvalue weighted by Gasteiger charge is 2.31. The highest BCUT2D eigenvalue weighted by atomic mass is 32.2. The Balaban J connectivity index is 1.64. The summed E-state index contributed by atoms with van der Waals surface area (Å²) in [6, 6.07) is 15.8. The molecule has 2 aromatic carbocycles. The number of fused-ring (bicyclic) bond motifs is 1. The number of hydrogen-bond donors (Lipinski definition) is 1. The van der Waals surface area contributed by atoms with Gasteiger partial charge < -0.3 is 10.2 Å². The molecule has 3 rings (SSSR count). The second-order valence-electron chi connectivity index (χ2n) is 6.54. The highest BCUT2D eigenvalue weighted by Crippen LogP contribution is 2.37. The topological polar surface area (TPSA) is 49.4 Å².